The van der Waals surface area contributed by atoms with Crippen molar-refractivity contribution in [2.24, 2.45) is 0 Å². The van der Waals surface area contributed by atoms with Crippen molar-refractivity contribution in [1.29, 1.82) is 0 Å². The van der Waals surface area contributed by atoms with E-state index in [-0.39, 0.29) is 5.54 Å². The molecule has 1 saturated carbocycles. The quantitative estimate of drug-likeness (QED) is 0.812. The number of pyridine rings is 1. The number of nitrogens with zero attached hydrogens (tertiary/aromatic N) is 1. The fourth-order valence-corrected chi connectivity index (χ4v) is 3.74. The van der Waals surface area contributed by atoms with Gasteiger partial charge in [0, 0.05) is 11.2 Å². The summed E-state index contributed by atoms with van der Waals surface area (Å²) in [5.41, 5.74) is 1.83. The zero-order chi connectivity index (χ0) is 15.4. The minimum Gasteiger partial charge on any atom is -0.353 e. The molecule has 3 nitrogen and oxygen atoms in total. The Kier molecular flexibility index (Phi) is 4.60. The summed E-state index contributed by atoms with van der Waals surface area (Å²) in [5.74, 6) is 0. The van der Waals surface area contributed by atoms with Crippen LogP contribution in [-0.2, 0) is 5.54 Å². The van der Waals surface area contributed by atoms with Crippen LogP contribution in [0.2, 0.25) is 5.02 Å². The summed E-state index contributed by atoms with van der Waals surface area (Å²) in [4.78, 5) is 4.09. The summed E-state index contributed by atoms with van der Waals surface area (Å²) in [6, 6.07) is 11.8. The molecule has 1 aliphatic carbocycles. The summed E-state index contributed by atoms with van der Waals surface area (Å²) >= 11 is 11.9. The first-order valence-electron chi connectivity index (χ1n) is 7.44. The van der Waals surface area contributed by atoms with Crippen molar-refractivity contribution in [2.75, 3.05) is 5.32 Å². The van der Waals surface area contributed by atoms with Crippen molar-refractivity contribution < 1.29 is 0 Å². The zero-order valence-electron chi connectivity index (χ0n) is 12.2. The number of hydrogen-bond donors (Lipinski definition) is 2. The molecule has 1 fully saturated rings. The molecule has 1 aliphatic rings. The number of rotatable bonds is 3. The zero-order valence-corrected chi connectivity index (χ0v) is 13.8. The number of benzene rings is 1. The lowest BCUT2D eigenvalue weighted by molar-refractivity contribution is 0.408. The predicted molar refractivity (Wildman–Crippen MR) is 95.2 cm³/mol. The number of nitrogens with one attached hydrogen (secondary N) is 2. The molecule has 22 heavy (non-hydrogen) atoms. The van der Waals surface area contributed by atoms with E-state index in [1.165, 1.54) is 12.8 Å². The lowest BCUT2D eigenvalue weighted by Crippen LogP contribution is -2.45. The maximum Gasteiger partial charge on any atom is 0.171 e. The van der Waals surface area contributed by atoms with Crippen molar-refractivity contribution in [3.8, 4) is 0 Å². The molecule has 0 radical (unpaired) electrons. The van der Waals surface area contributed by atoms with Crippen molar-refractivity contribution in [3.63, 3.8) is 0 Å². The van der Waals surface area contributed by atoms with E-state index in [4.69, 9.17) is 23.8 Å². The average Bonchev–Trinajstić information content (AvgIpc) is 2.98. The lowest BCUT2D eigenvalue weighted by Gasteiger charge is -2.33. The molecule has 1 aromatic carbocycles. The van der Waals surface area contributed by atoms with Crippen molar-refractivity contribution in [3.05, 3.63) is 59.4 Å². The number of anilines is 1. The van der Waals surface area contributed by atoms with Crippen LogP contribution in [0.25, 0.3) is 0 Å². The third-order valence-electron chi connectivity index (χ3n) is 4.12. The Bertz CT molecular complexity index is 654. The number of hydrogen-bond acceptors (Lipinski definition) is 2. The molecular weight excluding hydrogens is 314 g/mol. The van der Waals surface area contributed by atoms with Crippen LogP contribution in [0.1, 0.15) is 31.2 Å². The van der Waals surface area contributed by atoms with Gasteiger partial charge < -0.3 is 10.6 Å². The van der Waals surface area contributed by atoms with Gasteiger partial charge in [-0.15, -0.1) is 0 Å². The maximum atomic E-state index is 6.42. The molecule has 0 spiro atoms. The third-order valence-corrected chi connectivity index (χ3v) is 4.65. The van der Waals surface area contributed by atoms with E-state index in [1.54, 1.807) is 12.4 Å². The van der Waals surface area contributed by atoms with Gasteiger partial charge in [0.15, 0.2) is 5.11 Å². The standard InChI is InChI=1S/C17H18ClN3S/c18-15-8-2-1-7-14(15)17(9-3-4-10-17)21-16(22)20-13-6-5-11-19-12-13/h1-2,5-8,11-12H,3-4,9-10H2,(H2,20,21,22). The Morgan fingerprint density at radius 1 is 1.14 bits per heavy atom. The Hall–Kier alpha value is -1.65. The van der Waals surface area contributed by atoms with Gasteiger partial charge in [-0.25, -0.2) is 0 Å². The molecule has 0 atom stereocenters. The smallest absolute Gasteiger partial charge is 0.171 e. The molecular formula is C17H18ClN3S. The van der Waals surface area contributed by atoms with Crippen LogP contribution in [0.4, 0.5) is 5.69 Å². The number of halogens is 1. The van der Waals surface area contributed by atoms with Gasteiger partial charge in [0.05, 0.1) is 17.4 Å². The summed E-state index contributed by atoms with van der Waals surface area (Å²) in [5, 5.41) is 8.10. The van der Waals surface area contributed by atoms with Gasteiger partial charge in [-0.1, -0.05) is 42.6 Å². The molecule has 5 heteroatoms. The van der Waals surface area contributed by atoms with E-state index in [0.717, 1.165) is 29.1 Å². The summed E-state index contributed by atoms with van der Waals surface area (Å²) < 4.78 is 0. The predicted octanol–water partition coefficient (Wildman–Crippen LogP) is 4.49. The minimum atomic E-state index is -0.176. The van der Waals surface area contributed by atoms with Gasteiger partial charge in [-0.05, 0) is 48.8 Å². The number of thiocarbonyl (C=S) groups is 1. The SMILES string of the molecule is S=C(Nc1cccnc1)NC1(c2ccccc2Cl)CCCC1. The Morgan fingerprint density at radius 2 is 1.91 bits per heavy atom. The Balaban J connectivity index is 1.80. The van der Waals surface area contributed by atoms with Gasteiger partial charge in [0.25, 0.3) is 0 Å². The molecule has 0 saturated heterocycles. The summed E-state index contributed by atoms with van der Waals surface area (Å²) in [6.45, 7) is 0. The Morgan fingerprint density at radius 3 is 2.59 bits per heavy atom. The van der Waals surface area contributed by atoms with Gasteiger partial charge in [0.1, 0.15) is 0 Å². The largest absolute Gasteiger partial charge is 0.353 e. The molecule has 2 aromatic rings. The molecule has 0 amide bonds. The van der Waals surface area contributed by atoms with E-state index in [2.05, 4.69) is 21.7 Å². The highest BCUT2D eigenvalue weighted by Gasteiger charge is 2.37. The molecule has 1 aromatic heterocycles. The van der Waals surface area contributed by atoms with Crippen LogP contribution < -0.4 is 10.6 Å². The van der Waals surface area contributed by atoms with Gasteiger partial charge in [0.2, 0.25) is 0 Å². The Labute approximate surface area is 141 Å². The van der Waals surface area contributed by atoms with Gasteiger partial charge >= 0.3 is 0 Å². The normalized spacial score (nSPS) is 16.2. The first kappa shape index (κ1) is 15.3. The van der Waals surface area contributed by atoms with Crippen LogP contribution in [0.3, 0.4) is 0 Å². The second-order valence-corrected chi connectivity index (χ2v) is 6.41. The number of aromatic nitrogens is 1. The van der Waals surface area contributed by atoms with E-state index in [1.807, 2.05) is 30.3 Å². The molecule has 0 aliphatic heterocycles. The topological polar surface area (TPSA) is 37.0 Å². The maximum absolute atomic E-state index is 6.42. The van der Waals surface area contributed by atoms with Gasteiger partial charge in [-0.3, -0.25) is 4.98 Å². The first-order valence-corrected chi connectivity index (χ1v) is 8.22. The van der Waals surface area contributed by atoms with Crippen LogP contribution >= 0.6 is 23.8 Å². The fraction of sp³-hybridized carbons (Fsp3) is 0.294. The molecule has 114 valence electrons. The van der Waals surface area contributed by atoms with E-state index in [9.17, 15) is 0 Å². The second-order valence-electron chi connectivity index (χ2n) is 5.59. The third kappa shape index (κ3) is 3.23. The van der Waals surface area contributed by atoms with Crippen molar-refractivity contribution >= 4 is 34.6 Å². The van der Waals surface area contributed by atoms with E-state index < -0.39 is 0 Å². The van der Waals surface area contributed by atoms with Crippen molar-refractivity contribution in [1.82, 2.24) is 10.3 Å². The molecule has 0 bridgehead atoms. The van der Waals surface area contributed by atoms with Gasteiger partial charge in [-0.2, -0.15) is 0 Å². The first-order chi connectivity index (χ1) is 10.7. The molecule has 2 N–H and O–H groups in total. The highest BCUT2D eigenvalue weighted by molar-refractivity contribution is 7.80. The van der Waals surface area contributed by atoms with E-state index in [0.29, 0.717) is 5.11 Å². The molecule has 0 unspecified atom stereocenters. The lowest BCUT2D eigenvalue weighted by atomic mass is 9.88. The minimum absolute atomic E-state index is 0.176. The monoisotopic (exact) mass is 331 g/mol. The van der Waals surface area contributed by atoms with Crippen molar-refractivity contribution in [2.45, 2.75) is 31.2 Å². The van der Waals surface area contributed by atoms with Crippen LogP contribution in [-0.4, -0.2) is 10.1 Å². The highest BCUT2D eigenvalue weighted by Crippen LogP contribution is 2.41. The van der Waals surface area contributed by atoms with E-state index >= 15 is 0 Å². The average molecular weight is 332 g/mol. The summed E-state index contributed by atoms with van der Waals surface area (Å²) in [6.07, 6.45) is 7.91. The second kappa shape index (κ2) is 6.63. The van der Waals surface area contributed by atoms with Crippen LogP contribution in [0, 0.1) is 0 Å². The fourth-order valence-electron chi connectivity index (χ4n) is 3.11. The highest BCUT2D eigenvalue weighted by atomic mass is 35.5. The summed E-state index contributed by atoms with van der Waals surface area (Å²) in [7, 11) is 0. The van der Waals surface area contributed by atoms with Crippen LogP contribution in [0.15, 0.2) is 48.8 Å². The molecule has 1 heterocycles. The van der Waals surface area contributed by atoms with Crippen LogP contribution in [0.5, 0.6) is 0 Å². The molecule has 3 rings (SSSR count).